The summed E-state index contributed by atoms with van der Waals surface area (Å²) in [6.07, 6.45) is 8.08. The number of piperidine rings is 2. The van der Waals surface area contributed by atoms with Gasteiger partial charge in [-0.15, -0.1) is 0 Å². The maximum absolute atomic E-state index is 6.33. The molecule has 1 aromatic heterocycles. The van der Waals surface area contributed by atoms with Crippen molar-refractivity contribution in [3.63, 3.8) is 0 Å². The standard InChI is InChI=1S/C17H30N6/c1-14-5-10-23(11-6-14)17-15(18)16(20-13-21-17)19-7-12-22-8-3-2-4-9-22/h13-14H,2-12,18H2,1H3,(H,19,20,21). The van der Waals surface area contributed by atoms with Gasteiger partial charge in [0.1, 0.15) is 12.0 Å². The molecule has 2 fully saturated rings. The second-order valence-electron chi connectivity index (χ2n) is 6.96. The van der Waals surface area contributed by atoms with Crippen LogP contribution in [0.5, 0.6) is 0 Å². The summed E-state index contributed by atoms with van der Waals surface area (Å²) >= 11 is 0. The predicted octanol–water partition coefficient (Wildman–Crippen LogP) is 2.19. The summed E-state index contributed by atoms with van der Waals surface area (Å²) in [5.74, 6) is 2.48. The van der Waals surface area contributed by atoms with E-state index in [9.17, 15) is 0 Å². The van der Waals surface area contributed by atoms with E-state index in [1.54, 1.807) is 6.33 Å². The molecule has 0 radical (unpaired) electrons. The molecule has 23 heavy (non-hydrogen) atoms. The van der Waals surface area contributed by atoms with Crippen LogP contribution in [0.1, 0.15) is 39.0 Å². The molecular formula is C17H30N6. The van der Waals surface area contributed by atoms with Crippen LogP contribution in [0.25, 0.3) is 0 Å². The fourth-order valence-electron chi connectivity index (χ4n) is 3.51. The highest BCUT2D eigenvalue weighted by atomic mass is 15.2. The van der Waals surface area contributed by atoms with Crippen molar-refractivity contribution >= 4 is 17.3 Å². The third-order valence-corrected chi connectivity index (χ3v) is 5.12. The smallest absolute Gasteiger partial charge is 0.157 e. The second kappa shape index (κ2) is 7.81. The van der Waals surface area contributed by atoms with E-state index in [-0.39, 0.29) is 0 Å². The first-order chi connectivity index (χ1) is 11.2. The SMILES string of the molecule is CC1CCN(c2ncnc(NCCN3CCCCC3)c2N)CC1. The number of hydrogen-bond acceptors (Lipinski definition) is 6. The molecule has 6 nitrogen and oxygen atoms in total. The van der Waals surface area contributed by atoms with Crippen molar-refractivity contribution in [3.05, 3.63) is 6.33 Å². The quantitative estimate of drug-likeness (QED) is 0.867. The van der Waals surface area contributed by atoms with Crippen molar-refractivity contribution < 1.29 is 0 Å². The van der Waals surface area contributed by atoms with E-state index in [0.29, 0.717) is 5.69 Å². The van der Waals surface area contributed by atoms with E-state index in [2.05, 4.69) is 32.0 Å². The molecule has 0 unspecified atom stereocenters. The molecule has 2 aliphatic rings. The Kier molecular flexibility index (Phi) is 5.54. The summed E-state index contributed by atoms with van der Waals surface area (Å²) < 4.78 is 0. The van der Waals surface area contributed by atoms with Gasteiger partial charge in [0, 0.05) is 26.2 Å². The fourth-order valence-corrected chi connectivity index (χ4v) is 3.51. The molecule has 0 bridgehead atoms. The number of hydrogen-bond donors (Lipinski definition) is 2. The van der Waals surface area contributed by atoms with Crippen molar-refractivity contribution in [2.75, 3.05) is 55.2 Å². The van der Waals surface area contributed by atoms with Crippen LogP contribution in [0.2, 0.25) is 0 Å². The van der Waals surface area contributed by atoms with E-state index in [1.807, 2.05) is 0 Å². The van der Waals surface area contributed by atoms with Crippen LogP contribution in [-0.2, 0) is 0 Å². The van der Waals surface area contributed by atoms with Gasteiger partial charge in [0.25, 0.3) is 0 Å². The Labute approximate surface area is 139 Å². The summed E-state index contributed by atoms with van der Waals surface area (Å²) in [7, 11) is 0. The average molecular weight is 318 g/mol. The summed E-state index contributed by atoms with van der Waals surface area (Å²) in [4.78, 5) is 13.6. The van der Waals surface area contributed by atoms with E-state index < -0.39 is 0 Å². The van der Waals surface area contributed by atoms with Crippen LogP contribution in [0, 0.1) is 5.92 Å². The molecule has 0 aromatic carbocycles. The molecule has 2 aliphatic heterocycles. The lowest BCUT2D eigenvalue weighted by Gasteiger charge is -2.32. The van der Waals surface area contributed by atoms with E-state index in [1.165, 1.54) is 45.2 Å². The van der Waals surface area contributed by atoms with Gasteiger partial charge in [-0.25, -0.2) is 9.97 Å². The molecule has 3 heterocycles. The Balaban J connectivity index is 1.56. The lowest BCUT2D eigenvalue weighted by molar-refractivity contribution is 0.237. The minimum Gasteiger partial charge on any atom is -0.393 e. The van der Waals surface area contributed by atoms with Crippen LogP contribution in [0.15, 0.2) is 6.33 Å². The van der Waals surface area contributed by atoms with Crippen LogP contribution in [-0.4, -0.2) is 54.1 Å². The molecule has 3 rings (SSSR count). The third-order valence-electron chi connectivity index (χ3n) is 5.12. The predicted molar refractivity (Wildman–Crippen MR) is 95.8 cm³/mol. The molecule has 6 heteroatoms. The number of nitrogens with one attached hydrogen (secondary N) is 1. The molecule has 2 saturated heterocycles. The highest BCUT2D eigenvalue weighted by molar-refractivity contribution is 5.74. The van der Waals surface area contributed by atoms with Crippen molar-refractivity contribution in [2.45, 2.75) is 39.0 Å². The van der Waals surface area contributed by atoms with E-state index in [0.717, 1.165) is 43.7 Å². The zero-order valence-electron chi connectivity index (χ0n) is 14.3. The van der Waals surface area contributed by atoms with Gasteiger partial charge in [0.15, 0.2) is 11.6 Å². The van der Waals surface area contributed by atoms with Gasteiger partial charge >= 0.3 is 0 Å². The summed E-state index contributed by atoms with van der Waals surface area (Å²) in [6, 6.07) is 0. The van der Waals surface area contributed by atoms with Gasteiger partial charge in [0.05, 0.1) is 0 Å². The van der Waals surface area contributed by atoms with Gasteiger partial charge < -0.3 is 20.9 Å². The molecule has 0 saturated carbocycles. The lowest BCUT2D eigenvalue weighted by Crippen LogP contribution is -2.35. The van der Waals surface area contributed by atoms with E-state index >= 15 is 0 Å². The minimum atomic E-state index is 0.695. The maximum Gasteiger partial charge on any atom is 0.157 e. The van der Waals surface area contributed by atoms with Crippen LogP contribution >= 0.6 is 0 Å². The van der Waals surface area contributed by atoms with Crippen molar-refractivity contribution in [3.8, 4) is 0 Å². The topological polar surface area (TPSA) is 70.3 Å². The van der Waals surface area contributed by atoms with Gasteiger partial charge in [0.2, 0.25) is 0 Å². The van der Waals surface area contributed by atoms with Gasteiger partial charge in [-0.3, -0.25) is 0 Å². The zero-order valence-corrected chi connectivity index (χ0v) is 14.3. The molecule has 0 atom stereocenters. The number of nitrogen functional groups attached to an aromatic ring is 1. The number of anilines is 3. The highest BCUT2D eigenvalue weighted by Crippen LogP contribution is 2.29. The van der Waals surface area contributed by atoms with Crippen molar-refractivity contribution in [2.24, 2.45) is 5.92 Å². The number of nitrogens with two attached hydrogens (primary N) is 1. The van der Waals surface area contributed by atoms with Crippen LogP contribution in [0.4, 0.5) is 17.3 Å². The van der Waals surface area contributed by atoms with Crippen molar-refractivity contribution in [1.29, 1.82) is 0 Å². The first kappa shape index (κ1) is 16.3. The van der Waals surface area contributed by atoms with Gasteiger partial charge in [-0.05, 0) is 44.7 Å². The van der Waals surface area contributed by atoms with Gasteiger partial charge in [-0.2, -0.15) is 0 Å². The normalized spacial score (nSPS) is 20.7. The Morgan fingerprint density at radius 2 is 1.87 bits per heavy atom. The fraction of sp³-hybridized carbons (Fsp3) is 0.765. The van der Waals surface area contributed by atoms with Crippen LogP contribution < -0.4 is 16.0 Å². The first-order valence-electron chi connectivity index (χ1n) is 9.05. The number of nitrogens with zero attached hydrogens (tertiary/aromatic N) is 4. The van der Waals surface area contributed by atoms with Crippen molar-refractivity contribution in [1.82, 2.24) is 14.9 Å². The Bertz CT molecular complexity index is 492. The van der Waals surface area contributed by atoms with E-state index in [4.69, 9.17) is 5.73 Å². The monoisotopic (exact) mass is 318 g/mol. The molecule has 0 spiro atoms. The molecule has 0 aliphatic carbocycles. The number of rotatable bonds is 5. The summed E-state index contributed by atoms with van der Waals surface area (Å²) in [5, 5.41) is 3.40. The van der Waals surface area contributed by atoms with Crippen LogP contribution in [0.3, 0.4) is 0 Å². The Morgan fingerprint density at radius 1 is 1.13 bits per heavy atom. The minimum absolute atomic E-state index is 0.695. The number of aromatic nitrogens is 2. The molecule has 1 aromatic rings. The Morgan fingerprint density at radius 3 is 2.61 bits per heavy atom. The molecule has 3 N–H and O–H groups in total. The number of likely N-dealkylation sites (tertiary alicyclic amines) is 1. The summed E-state index contributed by atoms with van der Waals surface area (Å²) in [5.41, 5.74) is 7.02. The zero-order chi connectivity index (χ0) is 16.1. The molecule has 0 amide bonds. The average Bonchev–Trinajstić information content (AvgIpc) is 2.58. The Hall–Kier alpha value is -1.56. The molecule has 128 valence electrons. The van der Waals surface area contributed by atoms with Gasteiger partial charge in [-0.1, -0.05) is 13.3 Å². The first-order valence-corrected chi connectivity index (χ1v) is 9.05. The third kappa shape index (κ3) is 4.25. The molecular weight excluding hydrogens is 288 g/mol. The highest BCUT2D eigenvalue weighted by Gasteiger charge is 2.20. The second-order valence-corrected chi connectivity index (χ2v) is 6.96. The largest absolute Gasteiger partial charge is 0.393 e. The maximum atomic E-state index is 6.33. The lowest BCUT2D eigenvalue weighted by atomic mass is 9.99. The summed E-state index contributed by atoms with van der Waals surface area (Å²) in [6.45, 7) is 8.77.